The van der Waals surface area contributed by atoms with Crippen molar-refractivity contribution in [2.75, 3.05) is 11.1 Å². The Hall–Kier alpha value is -3.11. The predicted molar refractivity (Wildman–Crippen MR) is 140 cm³/mol. The molecule has 0 aliphatic heterocycles. The van der Waals surface area contributed by atoms with Crippen molar-refractivity contribution < 1.29 is 9.21 Å². The highest BCUT2D eigenvalue weighted by molar-refractivity contribution is 7.99. The first-order valence-corrected chi connectivity index (χ1v) is 13.0. The van der Waals surface area contributed by atoms with Crippen molar-refractivity contribution in [3.8, 4) is 17.3 Å². The van der Waals surface area contributed by atoms with Crippen molar-refractivity contribution in [2.45, 2.75) is 11.6 Å². The fraction of sp³-hybridized carbons (Fsp3) is 0.0833. The van der Waals surface area contributed by atoms with Crippen molar-refractivity contribution in [2.24, 2.45) is 0 Å². The lowest BCUT2D eigenvalue weighted by Crippen LogP contribution is -2.14. The van der Waals surface area contributed by atoms with Gasteiger partial charge >= 0.3 is 0 Å². The highest BCUT2D eigenvalue weighted by Crippen LogP contribution is 2.29. The van der Waals surface area contributed by atoms with Crippen LogP contribution in [0, 0.1) is 0 Å². The molecule has 1 N–H and O–H groups in total. The van der Waals surface area contributed by atoms with E-state index in [-0.39, 0.29) is 11.7 Å². The first-order chi connectivity index (χ1) is 17.0. The van der Waals surface area contributed by atoms with Gasteiger partial charge < -0.3 is 9.73 Å². The second-order valence-corrected chi connectivity index (χ2v) is 10.3. The zero-order valence-corrected chi connectivity index (χ0v) is 21.2. The lowest BCUT2D eigenvalue weighted by Gasteiger charge is -2.09. The number of rotatable bonds is 8. The molecule has 0 spiro atoms. The molecule has 176 valence electrons. The summed E-state index contributed by atoms with van der Waals surface area (Å²) in [6, 6.07) is 18.6. The molecule has 0 aliphatic rings. The van der Waals surface area contributed by atoms with Crippen molar-refractivity contribution in [1.29, 1.82) is 0 Å². The van der Waals surface area contributed by atoms with Gasteiger partial charge in [-0.3, -0.25) is 9.36 Å². The minimum atomic E-state index is -0.191. The summed E-state index contributed by atoms with van der Waals surface area (Å²) in [4.78, 5) is 18.0. The Kier molecular flexibility index (Phi) is 7.19. The Morgan fingerprint density at radius 2 is 1.91 bits per heavy atom. The number of benzene rings is 2. The summed E-state index contributed by atoms with van der Waals surface area (Å²) in [5.74, 6) is 1.04. The molecular weight excluding hydrogens is 525 g/mol. The van der Waals surface area contributed by atoms with Gasteiger partial charge in [0.2, 0.25) is 11.7 Å². The van der Waals surface area contributed by atoms with Gasteiger partial charge in [-0.1, -0.05) is 47.1 Å². The summed E-state index contributed by atoms with van der Waals surface area (Å²) in [5, 5.41) is 13.8. The Morgan fingerprint density at radius 1 is 1.06 bits per heavy atom. The van der Waals surface area contributed by atoms with Crippen LogP contribution in [0.15, 0.2) is 82.7 Å². The number of nitrogens with zero attached hydrogens (tertiary/aromatic N) is 4. The summed E-state index contributed by atoms with van der Waals surface area (Å²) in [5.41, 5.74) is 1.89. The minimum absolute atomic E-state index is 0.132. The van der Waals surface area contributed by atoms with Crippen LogP contribution >= 0.6 is 46.3 Å². The highest BCUT2D eigenvalue weighted by Gasteiger charge is 2.19. The normalized spacial score (nSPS) is 11.0. The average molecular weight is 542 g/mol. The smallest absolute Gasteiger partial charge is 0.236 e. The SMILES string of the molecule is O=C(CSc1nnc(-c2ccco2)n1-c1ccc(Cl)cc1)Nc1ncc(Cc2cccc(Cl)c2)s1. The molecule has 0 radical (unpaired) electrons. The van der Waals surface area contributed by atoms with Crippen LogP contribution in [-0.4, -0.2) is 31.4 Å². The van der Waals surface area contributed by atoms with E-state index in [1.807, 2.05) is 41.0 Å². The van der Waals surface area contributed by atoms with E-state index < -0.39 is 0 Å². The van der Waals surface area contributed by atoms with Gasteiger partial charge in [-0.2, -0.15) is 0 Å². The van der Waals surface area contributed by atoms with E-state index in [1.54, 1.807) is 36.7 Å². The zero-order valence-electron chi connectivity index (χ0n) is 18.0. The van der Waals surface area contributed by atoms with Crippen LogP contribution in [0.4, 0.5) is 5.13 Å². The molecule has 0 unspecified atom stereocenters. The number of furan rings is 1. The number of nitrogens with one attached hydrogen (secondary N) is 1. The van der Waals surface area contributed by atoms with Gasteiger partial charge in [-0.25, -0.2) is 4.98 Å². The standard InChI is InChI=1S/C24H17Cl2N5O2S2/c25-16-6-8-18(9-7-16)31-22(20-5-2-10-33-20)29-30-24(31)34-14-21(32)28-23-27-13-19(35-23)12-15-3-1-4-17(26)11-15/h1-11,13H,12,14H2,(H,27,28,32). The third-order valence-corrected chi connectivity index (χ3v) is 7.19. The third-order valence-electron chi connectivity index (χ3n) is 4.86. The third kappa shape index (κ3) is 5.76. The second kappa shape index (κ2) is 10.7. The zero-order chi connectivity index (χ0) is 24.2. The Labute approximate surface area is 219 Å². The molecular formula is C24H17Cl2N5O2S2. The number of aromatic nitrogens is 4. The minimum Gasteiger partial charge on any atom is -0.461 e. The van der Waals surface area contributed by atoms with Crippen LogP contribution in [0.3, 0.4) is 0 Å². The summed E-state index contributed by atoms with van der Waals surface area (Å²) in [6.07, 6.45) is 4.04. The molecule has 3 aromatic heterocycles. The maximum atomic E-state index is 12.6. The van der Waals surface area contributed by atoms with Crippen LogP contribution in [-0.2, 0) is 11.2 Å². The van der Waals surface area contributed by atoms with Gasteiger partial charge in [-0.05, 0) is 54.1 Å². The van der Waals surface area contributed by atoms with Crippen LogP contribution in [0.25, 0.3) is 17.3 Å². The van der Waals surface area contributed by atoms with Gasteiger partial charge in [0.05, 0.1) is 12.0 Å². The molecule has 5 rings (SSSR count). The van der Waals surface area contributed by atoms with Crippen molar-refractivity contribution in [3.05, 3.63) is 93.6 Å². The first kappa shape index (κ1) is 23.6. The van der Waals surface area contributed by atoms with Crippen LogP contribution < -0.4 is 5.32 Å². The number of hydrogen-bond donors (Lipinski definition) is 1. The Morgan fingerprint density at radius 3 is 2.69 bits per heavy atom. The molecule has 35 heavy (non-hydrogen) atoms. The molecule has 0 bridgehead atoms. The van der Waals surface area contributed by atoms with Crippen LogP contribution in [0.5, 0.6) is 0 Å². The molecule has 5 aromatic rings. The number of carbonyl (C=O) groups excluding carboxylic acids is 1. The molecule has 7 nitrogen and oxygen atoms in total. The van der Waals surface area contributed by atoms with E-state index in [0.29, 0.717) is 38.3 Å². The number of carbonyl (C=O) groups is 1. The van der Waals surface area contributed by atoms with Gasteiger partial charge in [0.25, 0.3) is 0 Å². The largest absolute Gasteiger partial charge is 0.461 e. The van der Waals surface area contributed by atoms with Gasteiger partial charge in [0.1, 0.15) is 0 Å². The van der Waals surface area contributed by atoms with Gasteiger partial charge in [0.15, 0.2) is 16.0 Å². The van der Waals surface area contributed by atoms with E-state index in [4.69, 9.17) is 27.6 Å². The molecule has 0 saturated carbocycles. The second-order valence-electron chi connectivity index (χ2n) is 7.37. The number of thiazole rings is 1. The number of amides is 1. The maximum absolute atomic E-state index is 12.6. The number of thioether (sulfide) groups is 1. The maximum Gasteiger partial charge on any atom is 0.236 e. The number of anilines is 1. The van der Waals surface area contributed by atoms with Gasteiger partial charge in [-0.15, -0.1) is 21.5 Å². The van der Waals surface area contributed by atoms with Crippen LogP contribution in [0.1, 0.15) is 10.4 Å². The molecule has 0 aliphatic carbocycles. The quantitative estimate of drug-likeness (QED) is 0.222. The van der Waals surface area contributed by atoms with E-state index in [9.17, 15) is 4.79 Å². The Balaban J connectivity index is 1.27. The lowest BCUT2D eigenvalue weighted by atomic mass is 10.1. The van der Waals surface area contributed by atoms with E-state index in [2.05, 4.69) is 20.5 Å². The fourth-order valence-corrected chi connectivity index (χ4v) is 5.29. The fourth-order valence-electron chi connectivity index (χ4n) is 3.33. The molecule has 11 heteroatoms. The van der Waals surface area contributed by atoms with E-state index >= 15 is 0 Å². The molecule has 0 atom stereocenters. The van der Waals surface area contributed by atoms with Crippen LogP contribution in [0.2, 0.25) is 10.0 Å². The summed E-state index contributed by atoms with van der Waals surface area (Å²) >= 11 is 14.8. The van der Waals surface area contributed by atoms with E-state index in [1.165, 1.54) is 23.1 Å². The number of hydrogen-bond acceptors (Lipinski definition) is 7. The highest BCUT2D eigenvalue weighted by atomic mass is 35.5. The molecule has 0 fully saturated rings. The topological polar surface area (TPSA) is 85.8 Å². The molecule has 0 saturated heterocycles. The number of halogens is 2. The van der Waals surface area contributed by atoms with Crippen molar-refractivity contribution in [1.82, 2.24) is 19.7 Å². The summed E-state index contributed by atoms with van der Waals surface area (Å²) in [6.45, 7) is 0. The Bertz CT molecular complexity index is 1450. The molecule has 2 aromatic carbocycles. The van der Waals surface area contributed by atoms with Gasteiger partial charge in [0, 0.05) is 33.2 Å². The first-order valence-electron chi connectivity index (χ1n) is 10.4. The van der Waals surface area contributed by atoms with Crippen molar-refractivity contribution >= 4 is 57.3 Å². The van der Waals surface area contributed by atoms with E-state index in [0.717, 1.165) is 16.1 Å². The summed E-state index contributed by atoms with van der Waals surface area (Å²) in [7, 11) is 0. The average Bonchev–Trinajstić information content (AvgIpc) is 3.60. The lowest BCUT2D eigenvalue weighted by molar-refractivity contribution is -0.113. The predicted octanol–water partition coefficient (Wildman–Crippen LogP) is 6.61. The monoisotopic (exact) mass is 541 g/mol. The summed E-state index contributed by atoms with van der Waals surface area (Å²) < 4.78 is 7.36. The van der Waals surface area contributed by atoms with Crippen molar-refractivity contribution in [3.63, 3.8) is 0 Å². The molecule has 3 heterocycles. The molecule has 1 amide bonds.